The van der Waals surface area contributed by atoms with Gasteiger partial charge in [-0.3, -0.25) is 4.79 Å². The van der Waals surface area contributed by atoms with Crippen LogP contribution in [0.3, 0.4) is 0 Å². The van der Waals surface area contributed by atoms with E-state index in [1.807, 2.05) is 24.3 Å². The Hall–Kier alpha value is -1.59. The Morgan fingerprint density at radius 1 is 1.04 bits per heavy atom. The molecule has 0 heterocycles. The number of rotatable bonds is 9. The van der Waals surface area contributed by atoms with E-state index in [2.05, 4.69) is 5.32 Å². The Kier molecular flexibility index (Phi) is 7.53. The van der Waals surface area contributed by atoms with Gasteiger partial charge in [0.1, 0.15) is 5.75 Å². The van der Waals surface area contributed by atoms with Gasteiger partial charge in [-0.25, -0.2) is 0 Å². The first-order valence-corrected chi connectivity index (χ1v) is 8.72. The van der Waals surface area contributed by atoms with Crippen molar-refractivity contribution in [3.63, 3.8) is 0 Å². The minimum absolute atomic E-state index is 0.114. The van der Waals surface area contributed by atoms with Gasteiger partial charge in [0, 0.05) is 13.7 Å². The summed E-state index contributed by atoms with van der Waals surface area (Å²) in [4.78, 5) is 12.9. The van der Waals surface area contributed by atoms with Crippen molar-refractivity contribution < 1.29 is 19.0 Å². The third kappa shape index (κ3) is 4.71. The van der Waals surface area contributed by atoms with Crippen molar-refractivity contribution in [2.75, 3.05) is 40.6 Å². The van der Waals surface area contributed by atoms with E-state index in [1.165, 1.54) is 6.42 Å². The summed E-state index contributed by atoms with van der Waals surface area (Å²) in [5.41, 5.74) is 0.664. The predicted octanol–water partition coefficient (Wildman–Crippen LogP) is 2.68. The highest BCUT2D eigenvalue weighted by atomic mass is 16.5. The molecule has 24 heavy (non-hydrogen) atoms. The van der Waals surface area contributed by atoms with Crippen molar-refractivity contribution in [3.8, 4) is 5.75 Å². The molecule has 1 aromatic carbocycles. The molecule has 0 bridgehead atoms. The molecule has 0 radical (unpaired) electrons. The normalized spacial score (nSPS) is 16.6. The van der Waals surface area contributed by atoms with Crippen LogP contribution in [0.2, 0.25) is 0 Å². The fourth-order valence-electron chi connectivity index (χ4n) is 3.36. The van der Waals surface area contributed by atoms with Crippen molar-refractivity contribution in [3.05, 3.63) is 29.8 Å². The second-order valence-electron chi connectivity index (χ2n) is 6.23. The highest BCUT2D eigenvalue weighted by Crippen LogP contribution is 2.40. The second-order valence-corrected chi connectivity index (χ2v) is 6.23. The Morgan fingerprint density at radius 2 is 1.75 bits per heavy atom. The van der Waals surface area contributed by atoms with Gasteiger partial charge in [0.15, 0.2) is 0 Å². The molecule has 5 nitrogen and oxygen atoms in total. The fraction of sp³-hybridized carbons (Fsp3) is 0.632. The van der Waals surface area contributed by atoms with Gasteiger partial charge in [0.05, 0.1) is 32.3 Å². The molecule has 1 N–H and O–H groups in total. The van der Waals surface area contributed by atoms with Gasteiger partial charge in [-0.2, -0.15) is 0 Å². The Labute approximate surface area is 144 Å². The molecule has 1 aromatic rings. The van der Waals surface area contributed by atoms with Crippen LogP contribution < -0.4 is 10.1 Å². The number of benzene rings is 1. The molecule has 1 aliphatic carbocycles. The number of carbonyl (C=O) groups is 1. The van der Waals surface area contributed by atoms with Gasteiger partial charge in [0.2, 0.25) is 5.91 Å². The quantitative estimate of drug-likeness (QED) is 0.705. The highest BCUT2D eigenvalue weighted by Gasteiger charge is 2.40. The summed E-state index contributed by atoms with van der Waals surface area (Å²) >= 11 is 0. The van der Waals surface area contributed by atoms with Gasteiger partial charge in [-0.15, -0.1) is 0 Å². The monoisotopic (exact) mass is 335 g/mol. The molecule has 0 spiro atoms. The van der Waals surface area contributed by atoms with Gasteiger partial charge in [-0.1, -0.05) is 31.4 Å². The first kappa shape index (κ1) is 18.7. The highest BCUT2D eigenvalue weighted by molar-refractivity contribution is 5.88. The molecule has 0 aliphatic heterocycles. The number of nitrogens with one attached hydrogen (secondary N) is 1. The van der Waals surface area contributed by atoms with E-state index in [9.17, 15) is 4.79 Å². The molecular formula is C19H29NO4. The lowest BCUT2D eigenvalue weighted by Crippen LogP contribution is -2.46. The van der Waals surface area contributed by atoms with Crippen molar-refractivity contribution in [1.29, 1.82) is 0 Å². The Morgan fingerprint density at radius 3 is 2.38 bits per heavy atom. The molecule has 134 valence electrons. The number of carbonyl (C=O) groups excluding carboxylic acids is 1. The van der Waals surface area contributed by atoms with E-state index in [0.717, 1.165) is 37.0 Å². The number of amides is 1. The molecule has 0 unspecified atom stereocenters. The lowest BCUT2D eigenvalue weighted by Gasteiger charge is -2.36. The lowest BCUT2D eigenvalue weighted by molar-refractivity contribution is -0.128. The molecule has 1 saturated carbocycles. The Balaban J connectivity index is 1.99. The minimum atomic E-state index is -0.420. The SMILES string of the molecule is COCCOCCNC(=O)C1(c2ccc(OC)cc2)CCCCC1. The summed E-state index contributed by atoms with van der Waals surface area (Å²) in [6, 6.07) is 7.93. The minimum Gasteiger partial charge on any atom is -0.497 e. The third-order valence-corrected chi connectivity index (χ3v) is 4.75. The van der Waals surface area contributed by atoms with Crippen molar-refractivity contribution in [2.45, 2.75) is 37.5 Å². The maximum absolute atomic E-state index is 12.9. The average molecular weight is 335 g/mol. The van der Waals surface area contributed by atoms with E-state index in [1.54, 1.807) is 14.2 Å². The van der Waals surface area contributed by atoms with Gasteiger partial charge in [0.25, 0.3) is 0 Å². The molecule has 0 saturated heterocycles. The van der Waals surface area contributed by atoms with Crippen molar-refractivity contribution in [1.82, 2.24) is 5.32 Å². The van der Waals surface area contributed by atoms with Gasteiger partial charge < -0.3 is 19.5 Å². The average Bonchev–Trinajstić information content (AvgIpc) is 2.65. The zero-order valence-corrected chi connectivity index (χ0v) is 14.8. The smallest absolute Gasteiger partial charge is 0.230 e. The van der Waals surface area contributed by atoms with E-state index in [0.29, 0.717) is 26.4 Å². The molecule has 1 aliphatic rings. The third-order valence-electron chi connectivity index (χ3n) is 4.75. The molecule has 2 rings (SSSR count). The molecule has 1 fully saturated rings. The standard InChI is InChI=1S/C19H29NO4/c1-22-14-15-24-13-12-20-18(21)19(10-4-3-5-11-19)16-6-8-17(23-2)9-7-16/h6-9H,3-5,10-15H2,1-2H3,(H,20,21). The molecule has 1 amide bonds. The van der Waals surface area contributed by atoms with Crippen LogP contribution >= 0.6 is 0 Å². The number of ether oxygens (including phenoxy) is 3. The zero-order valence-electron chi connectivity index (χ0n) is 14.8. The van der Waals surface area contributed by atoms with Crippen LogP contribution in [-0.4, -0.2) is 46.5 Å². The van der Waals surface area contributed by atoms with Crippen LogP contribution in [-0.2, 0) is 19.7 Å². The number of hydrogen-bond donors (Lipinski definition) is 1. The number of hydrogen-bond acceptors (Lipinski definition) is 4. The van der Waals surface area contributed by atoms with Gasteiger partial charge in [-0.05, 0) is 30.5 Å². The van der Waals surface area contributed by atoms with E-state index < -0.39 is 5.41 Å². The van der Waals surface area contributed by atoms with Crippen LogP contribution in [0.25, 0.3) is 0 Å². The molecular weight excluding hydrogens is 306 g/mol. The van der Waals surface area contributed by atoms with Crippen LogP contribution in [0.15, 0.2) is 24.3 Å². The van der Waals surface area contributed by atoms with E-state index >= 15 is 0 Å². The Bertz CT molecular complexity index is 495. The summed E-state index contributed by atoms with van der Waals surface area (Å²) < 4.78 is 15.6. The van der Waals surface area contributed by atoms with Crippen molar-refractivity contribution in [2.24, 2.45) is 0 Å². The lowest BCUT2D eigenvalue weighted by atomic mass is 9.68. The number of methoxy groups -OCH3 is 2. The summed E-state index contributed by atoms with van der Waals surface area (Å²) in [7, 11) is 3.30. The van der Waals surface area contributed by atoms with Gasteiger partial charge >= 0.3 is 0 Å². The van der Waals surface area contributed by atoms with Crippen LogP contribution in [0.4, 0.5) is 0 Å². The summed E-state index contributed by atoms with van der Waals surface area (Å²) in [5.74, 6) is 0.930. The molecule has 5 heteroatoms. The van der Waals surface area contributed by atoms with Crippen molar-refractivity contribution >= 4 is 5.91 Å². The predicted molar refractivity (Wildman–Crippen MR) is 93.5 cm³/mol. The van der Waals surface area contributed by atoms with E-state index in [4.69, 9.17) is 14.2 Å². The first-order valence-electron chi connectivity index (χ1n) is 8.72. The van der Waals surface area contributed by atoms with E-state index in [-0.39, 0.29) is 5.91 Å². The molecule has 0 aromatic heterocycles. The van der Waals surface area contributed by atoms with Crippen LogP contribution in [0.1, 0.15) is 37.7 Å². The first-order chi connectivity index (χ1) is 11.7. The maximum Gasteiger partial charge on any atom is 0.230 e. The maximum atomic E-state index is 12.9. The van der Waals surface area contributed by atoms with Crippen LogP contribution in [0.5, 0.6) is 5.75 Å². The summed E-state index contributed by atoms with van der Waals surface area (Å²) in [5, 5.41) is 3.06. The fourth-order valence-corrected chi connectivity index (χ4v) is 3.36. The second kappa shape index (κ2) is 9.64. The topological polar surface area (TPSA) is 56.8 Å². The zero-order chi connectivity index (χ0) is 17.3. The molecule has 0 atom stereocenters. The largest absolute Gasteiger partial charge is 0.497 e. The van der Waals surface area contributed by atoms with Crippen LogP contribution in [0, 0.1) is 0 Å². The summed E-state index contributed by atoms with van der Waals surface area (Å²) in [6.07, 6.45) is 5.17. The summed E-state index contributed by atoms with van der Waals surface area (Å²) in [6.45, 7) is 2.16.